The van der Waals surface area contributed by atoms with Crippen LogP contribution in [0.1, 0.15) is 19.8 Å². The molecular formula is C13H19BrClN3. The third-order valence-electron chi connectivity index (χ3n) is 3.43. The molecule has 2 heterocycles. The second kappa shape index (κ2) is 6.22. The van der Waals surface area contributed by atoms with Gasteiger partial charge in [0.2, 0.25) is 0 Å². The van der Waals surface area contributed by atoms with Crippen molar-refractivity contribution in [1.82, 2.24) is 9.88 Å². The summed E-state index contributed by atoms with van der Waals surface area (Å²) in [7, 11) is 2.19. The van der Waals surface area contributed by atoms with Crippen molar-refractivity contribution in [3.63, 3.8) is 0 Å². The van der Waals surface area contributed by atoms with Crippen molar-refractivity contribution >= 4 is 33.3 Å². The lowest BCUT2D eigenvalue weighted by atomic mass is 10.2. The SMILES string of the molecule is CCC1CN(C)CCCN1c1ncc(Cl)cc1Br. The zero-order chi connectivity index (χ0) is 13.1. The molecule has 100 valence electrons. The van der Waals surface area contributed by atoms with Gasteiger partial charge >= 0.3 is 0 Å². The molecule has 0 radical (unpaired) electrons. The molecule has 0 bridgehead atoms. The minimum Gasteiger partial charge on any atom is -0.351 e. The Morgan fingerprint density at radius 3 is 2.94 bits per heavy atom. The van der Waals surface area contributed by atoms with E-state index >= 15 is 0 Å². The molecule has 1 atom stereocenters. The van der Waals surface area contributed by atoms with Crippen molar-refractivity contribution in [2.75, 3.05) is 31.6 Å². The van der Waals surface area contributed by atoms with Crippen LogP contribution < -0.4 is 4.90 Å². The van der Waals surface area contributed by atoms with Crippen LogP contribution in [0.3, 0.4) is 0 Å². The van der Waals surface area contributed by atoms with Crippen molar-refractivity contribution in [2.24, 2.45) is 0 Å². The molecule has 1 unspecified atom stereocenters. The highest BCUT2D eigenvalue weighted by Crippen LogP contribution is 2.29. The fourth-order valence-electron chi connectivity index (χ4n) is 2.49. The minimum atomic E-state index is 0.516. The highest BCUT2D eigenvalue weighted by Gasteiger charge is 2.24. The molecule has 1 aliphatic heterocycles. The molecule has 5 heteroatoms. The van der Waals surface area contributed by atoms with Crippen molar-refractivity contribution in [1.29, 1.82) is 0 Å². The molecule has 0 aliphatic carbocycles. The van der Waals surface area contributed by atoms with Gasteiger partial charge in [-0.1, -0.05) is 18.5 Å². The monoisotopic (exact) mass is 331 g/mol. The largest absolute Gasteiger partial charge is 0.351 e. The lowest BCUT2D eigenvalue weighted by Crippen LogP contribution is -2.40. The van der Waals surface area contributed by atoms with Crippen LogP contribution in [0.5, 0.6) is 0 Å². The first-order valence-electron chi connectivity index (χ1n) is 6.38. The summed E-state index contributed by atoms with van der Waals surface area (Å²) < 4.78 is 0.984. The van der Waals surface area contributed by atoms with Gasteiger partial charge in [-0.05, 0) is 48.4 Å². The highest BCUT2D eigenvalue weighted by atomic mass is 79.9. The Bertz CT molecular complexity index is 413. The van der Waals surface area contributed by atoms with Gasteiger partial charge in [0.1, 0.15) is 5.82 Å². The first kappa shape index (κ1) is 14.1. The van der Waals surface area contributed by atoms with E-state index in [0.29, 0.717) is 11.1 Å². The van der Waals surface area contributed by atoms with Gasteiger partial charge in [0.05, 0.1) is 9.50 Å². The number of halogens is 2. The number of anilines is 1. The third kappa shape index (κ3) is 3.16. The number of nitrogens with zero attached hydrogens (tertiary/aromatic N) is 3. The van der Waals surface area contributed by atoms with Crippen molar-refractivity contribution in [2.45, 2.75) is 25.8 Å². The second-order valence-corrected chi connectivity index (χ2v) is 6.12. The van der Waals surface area contributed by atoms with Gasteiger partial charge in [-0.2, -0.15) is 0 Å². The average molecular weight is 333 g/mol. The predicted octanol–water partition coefficient (Wildman–Crippen LogP) is 3.42. The summed E-state index contributed by atoms with van der Waals surface area (Å²) in [6, 6.07) is 2.44. The molecule has 3 nitrogen and oxygen atoms in total. The summed E-state index contributed by atoms with van der Waals surface area (Å²) in [6.45, 7) is 5.53. The molecule has 1 aromatic rings. The fourth-order valence-corrected chi connectivity index (χ4v) is 3.36. The molecule has 1 saturated heterocycles. The van der Waals surface area contributed by atoms with Crippen LogP contribution >= 0.6 is 27.5 Å². The zero-order valence-electron chi connectivity index (χ0n) is 10.9. The number of aromatic nitrogens is 1. The smallest absolute Gasteiger partial charge is 0.143 e. The van der Waals surface area contributed by atoms with Gasteiger partial charge in [-0.3, -0.25) is 0 Å². The molecule has 1 aliphatic rings. The summed E-state index contributed by atoms with van der Waals surface area (Å²) in [5.41, 5.74) is 0. The van der Waals surface area contributed by atoms with E-state index in [-0.39, 0.29) is 0 Å². The van der Waals surface area contributed by atoms with Crippen LogP contribution in [0.15, 0.2) is 16.7 Å². The topological polar surface area (TPSA) is 19.4 Å². The van der Waals surface area contributed by atoms with Crippen LogP contribution in [0.2, 0.25) is 5.02 Å². The first-order chi connectivity index (χ1) is 8.61. The number of hydrogen-bond donors (Lipinski definition) is 0. The van der Waals surface area contributed by atoms with E-state index in [1.807, 2.05) is 6.07 Å². The van der Waals surface area contributed by atoms with E-state index in [9.17, 15) is 0 Å². The Balaban J connectivity index is 2.28. The van der Waals surface area contributed by atoms with Crippen LogP contribution in [0.4, 0.5) is 5.82 Å². The predicted molar refractivity (Wildman–Crippen MR) is 80.5 cm³/mol. The Kier molecular flexibility index (Phi) is 4.87. The lowest BCUT2D eigenvalue weighted by molar-refractivity contribution is 0.327. The van der Waals surface area contributed by atoms with Crippen molar-refractivity contribution < 1.29 is 0 Å². The van der Waals surface area contributed by atoms with Gasteiger partial charge in [-0.25, -0.2) is 4.98 Å². The summed E-state index contributed by atoms with van der Waals surface area (Å²) >= 11 is 9.54. The molecule has 0 aromatic carbocycles. The van der Waals surface area contributed by atoms with Crippen LogP contribution in [0.25, 0.3) is 0 Å². The zero-order valence-corrected chi connectivity index (χ0v) is 13.2. The van der Waals surface area contributed by atoms with E-state index in [4.69, 9.17) is 11.6 Å². The average Bonchev–Trinajstić information content (AvgIpc) is 2.51. The van der Waals surface area contributed by atoms with Gasteiger partial charge in [0.15, 0.2) is 0 Å². The van der Waals surface area contributed by atoms with Crippen LogP contribution in [0, 0.1) is 0 Å². The Hall–Kier alpha value is -0.320. The Labute approximate surface area is 122 Å². The van der Waals surface area contributed by atoms with Crippen LogP contribution in [-0.2, 0) is 0 Å². The fraction of sp³-hybridized carbons (Fsp3) is 0.615. The van der Waals surface area contributed by atoms with Gasteiger partial charge in [-0.15, -0.1) is 0 Å². The molecule has 1 fully saturated rings. The Morgan fingerprint density at radius 1 is 1.50 bits per heavy atom. The first-order valence-corrected chi connectivity index (χ1v) is 7.55. The lowest BCUT2D eigenvalue weighted by Gasteiger charge is -2.31. The Morgan fingerprint density at radius 2 is 2.28 bits per heavy atom. The molecule has 1 aromatic heterocycles. The third-order valence-corrected chi connectivity index (χ3v) is 4.22. The van der Waals surface area contributed by atoms with Gasteiger partial charge in [0.25, 0.3) is 0 Å². The van der Waals surface area contributed by atoms with Gasteiger partial charge < -0.3 is 9.80 Å². The van der Waals surface area contributed by atoms with E-state index < -0.39 is 0 Å². The summed E-state index contributed by atoms with van der Waals surface area (Å²) in [6.07, 6.45) is 4.02. The molecule has 0 N–H and O–H groups in total. The molecular weight excluding hydrogens is 314 g/mol. The number of rotatable bonds is 2. The maximum Gasteiger partial charge on any atom is 0.143 e. The quantitative estimate of drug-likeness (QED) is 0.827. The van der Waals surface area contributed by atoms with Gasteiger partial charge in [0, 0.05) is 25.3 Å². The van der Waals surface area contributed by atoms with E-state index in [1.54, 1.807) is 6.20 Å². The summed E-state index contributed by atoms with van der Waals surface area (Å²) in [4.78, 5) is 9.30. The standard InChI is InChI=1S/C13H19BrClN3/c1-3-11-9-17(2)5-4-6-18(11)13-12(14)7-10(15)8-16-13/h7-8,11H,3-6,9H2,1-2H3. The van der Waals surface area contributed by atoms with E-state index in [1.165, 1.54) is 6.42 Å². The van der Waals surface area contributed by atoms with E-state index in [2.05, 4.69) is 44.7 Å². The molecule has 0 amide bonds. The van der Waals surface area contributed by atoms with E-state index in [0.717, 1.165) is 36.3 Å². The molecule has 0 saturated carbocycles. The van der Waals surface area contributed by atoms with Crippen LogP contribution in [-0.4, -0.2) is 42.6 Å². The van der Waals surface area contributed by atoms with Crippen molar-refractivity contribution in [3.05, 3.63) is 21.8 Å². The number of hydrogen-bond acceptors (Lipinski definition) is 3. The molecule has 2 rings (SSSR count). The summed E-state index contributed by atoms with van der Waals surface area (Å²) in [5.74, 6) is 1.02. The number of pyridine rings is 1. The highest BCUT2D eigenvalue weighted by molar-refractivity contribution is 9.10. The second-order valence-electron chi connectivity index (χ2n) is 4.83. The summed E-state index contributed by atoms with van der Waals surface area (Å²) in [5, 5.41) is 0.672. The molecule has 0 spiro atoms. The molecule has 18 heavy (non-hydrogen) atoms. The maximum atomic E-state index is 5.96. The maximum absolute atomic E-state index is 5.96. The van der Waals surface area contributed by atoms with Crippen molar-refractivity contribution in [3.8, 4) is 0 Å². The number of likely N-dealkylation sites (N-methyl/N-ethyl adjacent to an activating group) is 1. The normalized spacial score (nSPS) is 22.0. The minimum absolute atomic E-state index is 0.516.